The maximum absolute atomic E-state index is 12.5. The Balaban J connectivity index is 2.17. The van der Waals surface area contributed by atoms with Gasteiger partial charge in [0.1, 0.15) is 0 Å². The summed E-state index contributed by atoms with van der Waals surface area (Å²) in [7, 11) is 0. The Morgan fingerprint density at radius 3 is 2.60 bits per heavy atom. The average molecular weight is 289 g/mol. The number of urea groups is 1. The Morgan fingerprint density at radius 1 is 1.45 bits per heavy atom. The Morgan fingerprint density at radius 2 is 2.10 bits per heavy atom. The molecule has 0 aliphatic heterocycles. The van der Waals surface area contributed by atoms with Gasteiger partial charge in [0.05, 0.1) is 12.7 Å². The second kappa shape index (κ2) is 8.04. The smallest absolute Gasteiger partial charge is 0.317 e. The number of nitrogens with zero attached hydrogens (tertiary/aromatic N) is 1. The zero-order chi connectivity index (χ0) is 15.1. The summed E-state index contributed by atoms with van der Waals surface area (Å²) in [6.45, 7) is 4.42. The highest BCUT2D eigenvalue weighted by molar-refractivity contribution is 5.74. The maximum Gasteiger partial charge on any atom is 0.317 e. The molecular weight excluding hydrogens is 265 g/mol. The molecule has 0 saturated heterocycles. The lowest BCUT2D eigenvalue weighted by Crippen LogP contribution is -2.56. The van der Waals surface area contributed by atoms with Crippen LogP contribution in [-0.4, -0.2) is 59.9 Å². The molecule has 1 unspecified atom stereocenters. The van der Waals surface area contributed by atoms with Crippen molar-refractivity contribution in [1.82, 2.24) is 15.5 Å². The van der Waals surface area contributed by atoms with Crippen LogP contribution in [0.2, 0.25) is 0 Å². The first-order valence-electron chi connectivity index (χ1n) is 7.06. The van der Waals surface area contributed by atoms with Crippen molar-refractivity contribution in [2.75, 3.05) is 19.6 Å². The SMILES string of the molecule is CCN(CC(=O)O)C1CC(NC(=O)NCCC(C)F)C1. The lowest BCUT2D eigenvalue weighted by Gasteiger charge is -2.42. The number of aliphatic carboxylic acids is 1. The van der Waals surface area contributed by atoms with E-state index in [1.54, 1.807) is 0 Å². The molecule has 1 fully saturated rings. The van der Waals surface area contributed by atoms with Crippen LogP contribution in [0, 0.1) is 0 Å². The fourth-order valence-corrected chi connectivity index (χ4v) is 2.30. The van der Waals surface area contributed by atoms with Crippen molar-refractivity contribution in [2.45, 2.75) is 51.4 Å². The van der Waals surface area contributed by atoms with Gasteiger partial charge in [0.25, 0.3) is 0 Å². The van der Waals surface area contributed by atoms with Crippen LogP contribution in [-0.2, 0) is 4.79 Å². The van der Waals surface area contributed by atoms with Crippen molar-refractivity contribution in [3.05, 3.63) is 0 Å². The number of amides is 2. The molecule has 1 rings (SSSR count). The largest absolute Gasteiger partial charge is 0.480 e. The summed E-state index contributed by atoms with van der Waals surface area (Å²) in [4.78, 5) is 24.1. The van der Waals surface area contributed by atoms with Gasteiger partial charge in [-0.3, -0.25) is 9.69 Å². The molecule has 0 aromatic rings. The molecule has 2 amide bonds. The number of hydrogen-bond acceptors (Lipinski definition) is 3. The number of nitrogens with one attached hydrogen (secondary N) is 2. The van der Waals surface area contributed by atoms with Gasteiger partial charge < -0.3 is 15.7 Å². The minimum absolute atomic E-state index is 0.0362. The van der Waals surface area contributed by atoms with Gasteiger partial charge in [0.2, 0.25) is 0 Å². The topological polar surface area (TPSA) is 81.7 Å². The fraction of sp³-hybridized carbons (Fsp3) is 0.846. The summed E-state index contributed by atoms with van der Waals surface area (Å²) < 4.78 is 12.5. The predicted molar refractivity (Wildman–Crippen MR) is 73.4 cm³/mol. The van der Waals surface area contributed by atoms with E-state index in [4.69, 9.17) is 5.11 Å². The molecule has 0 bridgehead atoms. The van der Waals surface area contributed by atoms with E-state index in [1.165, 1.54) is 6.92 Å². The van der Waals surface area contributed by atoms with Gasteiger partial charge in [-0.1, -0.05) is 6.92 Å². The Kier molecular flexibility index (Phi) is 6.70. The molecule has 0 heterocycles. The van der Waals surface area contributed by atoms with Crippen molar-refractivity contribution in [1.29, 1.82) is 0 Å². The van der Waals surface area contributed by atoms with Crippen LogP contribution in [0.3, 0.4) is 0 Å². The number of halogens is 1. The highest BCUT2D eigenvalue weighted by Gasteiger charge is 2.34. The van der Waals surface area contributed by atoms with Gasteiger partial charge in [-0.15, -0.1) is 0 Å². The molecule has 1 saturated carbocycles. The van der Waals surface area contributed by atoms with Crippen molar-refractivity contribution in [3.8, 4) is 0 Å². The number of carboxylic acids is 1. The van der Waals surface area contributed by atoms with Gasteiger partial charge in [0.15, 0.2) is 0 Å². The van der Waals surface area contributed by atoms with Gasteiger partial charge in [-0.2, -0.15) is 0 Å². The number of likely N-dealkylation sites (N-methyl/N-ethyl adjacent to an activating group) is 1. The first kappa shape index (κ1) is 16.7. The van der Waals surface area contributed by atoms with E-state index in [0.29, 0.717) is 19.5 Å². The van der Waals surface area contributed by atoms with E-state index in [9.17, 15) is 14.0 Å². The third kappa shape index (κ3) is 5.73. The molecule has 116 valence electrons. The molecule has 6 nitrogen and oxygen atoms in total. The Labute approximate surface area is 118 Å². The summed E-state index contributed by atoms with van der Waals surface area (Å²) in [5.41, 5.74) is 0. The van der Waals surface area contributed by atoms with Crippen molar-refractivity contribution >= 4 is 12.0 Å². The molecule has 20 heavy (non-hydrogen) atoms. The standard InChI is InChI=1S/C13H24FN3O3/c1-3-17(8-12(18)19)11-6-10(7-11)16-13(20)15-5-4-9(2)14/h9-11H,3-8H2,1-2H3,(H,18,19)(H2,15,16,20). The van der Waals surface area contributed by atoms with Crippen molar-refractivity contribution in [3.63, 3.8) is 0 Å². The Hall–Kier alpha value is -1.37. The number of carboxylic acid groups (broad SMARTS) is 1. The zero-order valence-corrected chi connectivity index (χ0v) is 12.1. The minimum atomic E-state index is -0.919. The summed E-state index contributed by atoms with van der Waals surface area (Å²) in [5.74, 6) is -0.832. The zero-order valence-electron chi connectivity index (χ0n) is 12.1. The first-order chi connectivity index (χ1) is 9.42. The van der Waals surface area contributed by atoms with Crippen molar-refractivity contribution < 1.29 is 19.1 Å². The second-order valence-corrected chi connectivity index (χ2v) is 5.25. The molecule has 3 N–H and O–H groups in total. The summed E-state index contributed by atoms with van der Waals surface area (Å²) in [6.07, 6.45) is 0.905. The molecule has 0 radical (unpaired) electrons. The first-order valence-corrected chi connectivity index (χ1v) is 7.06. The van der Waals surface area contributed by atoms with E-state index < -0.39 is 12.1 Å². The van der Waals surface area contributed by atoms with E-state index in [-0.39, 0.29) is 24.7 Å². The molecule has 7 heteroatoms. The number of carbonyl (C=O) groups excluding carboxylic acids is 1. The van der Waals surface area contributed by atoms with Gasteiger partial charge in [-0.05, 0) is 32.7 Å². The summed E-state index contributed by atoms with van der Waals surface area (Å²) in [5, 5.41) is 14.2. The predicted octanol–water partition coefficient (Wildman–Crippen LogP) is 0.971. The summed E-state index contributed by atoms with van der Waals surface area (Å²) >= 11 is 0. The van der Waals surface area contributed by atoms with Crippen LogP contribution >= 0.6 is 0 Å². The molecule has 1 atom stereocenters. The molecule has 0 aromatic carbocycles. The summed E-state index contributed by atoms with van der Waals surface area (Å²) in [6, 6.07) is 0.00768. The van der Waals surface area contributed by atoms with E-state index in [0.717, 1.165) is 12.8 Å². The van der Waals surface area contributed by atoms with Crippen LogP contribution < -0.4 is 10.6 Å². The van der Waals surface area contributed by atoms with E-state index >= 15 is 0 Å². The maximum atomic E-state index is 12.5. The number of hydrogen-bond donors (Lipinski definition) is 3. The molecule has 0 aromatic heterocycles. The molecule has 1 aliphatic carbocycles. The van der Waals surface area contributed by atoms with Gasteiger partial charge >= 0.3 is 12.0 Å². The van der Waals surface area contributed by atoms with E-state index in [2.05, 4.69) is 10.6 Å². The van der Waals surface area contributed by atoms with Crippen LogP contribution in [0.25, 0.3) is 0 Å². The molecule has 1 aliphatic rings. The fourth-order valence-electron chi connectivity index (χ4n) is 2.30. The van der Waals surface area contributed by atoms with Crippen LogP contribution in [0.4, 0.5) is 9.18 Å². The van der Waals surface area contributed by atoms with Crippen LogP contribution in [0.1, 0.15) is 33.1 Å². The average Bonchev–Trinajstić information content (AvgIpc) is 2.30. The van der Waals surface area contributed by atoms with E-state index in [1.807, 2.05) is 11.8 Å². The monoisotopic (exact) mass is 289 g/mol. The van der Waals surface area contributed by atoms with Crippen LogP contribution in [0.5, 0.6) is 0 Å². The second-order valence-electron chi connectivity index (χ2n) is 5.25. The van der Waals surface area contributed by atoms with Gasteiger partial charge in [-0.25, -0.2) is 9.18 Å². The lowest BCUT2D eigenvalue weighted by atomic mass is 9.85. The minimum Gasteiger partial charge on any atom is -0.480 e. The quantitative estimate of drug-likeness (QED) is 0.622. The van der Waals surface area contributed by atoms with Gasteiger partial charge in [0, 0.05) is 18.6 Å². The number of carbonyl (C=O) groups is 2. The molecule has 0 spiro atoms. The lowest BCUT2D eigenvalue weighted by molar-refractivity contribution is -0.139. The molecular formula is C13H24FN3O3. The third-order valence-electron chi connectivity index (χ3n) is 3.54. The third-order valence-corrected chi connectivity index (χ3v) is 3.54. The number of alkyl halides is 1. The highest BCUT2D eigenvalue weighted by atomic mass is 19.1. The highest BCUT2D eigenvalue weighted by Crippen LogP contribution is 2.25. The van der Waals surface area contributed by atoms with Crippen molar-refractivity contribution in [2.24, 2.45) is 0 Å². The Bertz CT molecular complexity index is 333. The van der Waals surface area contributed by atoms with Crippen LogP contribution in [0.15, 0.2) is 0 Å². The normalized spacial score (nSPS) is 23.0. The number of rotatable bonds is 8.